The number of hydrogen-bond acceptors (Lipinski definition) is 6. The Bertz CT molecular complexity index is 1030. The number of nitrogens with zero attached hydrogens (tertiary/aromatic N) is 3. The molecule has 1 aromatic carbocycles. The van der Waals surface area contributed by atoms with Crippen molar-refractivity contribution >= 4 is 44.9 Å². The third kappa shape index (κ3) is 4.44. The fourth-order valence-electron chi connectivity index (χ4n) is 4.07. The van der Waals surface area contributed by atoms with Crippen LogP contribution in [0.25, 0.3) is 10.2 Å². The number of ether oxygens (including phenoxy) is 1. The zero-order valence-electron chi connectivity index (χ0n) is 17.4. The Morgan fingerprint density at radius 2 is 1.97 bits per heavy atom. The van der Waals surface area contributed by atoms with Gasteiger partial charge in [-0.1, -0.05) is 37.3 Å². The zero-order chi connectivity index (χ0) is 21.1. The van der Waals surface area contributed by atoms with Gasteiger partial charge in [0.2, 0.25) is 5.28 Å². The molecule has 3 heterocycles. The molecule has 0 atom stereocenters. The molecule has 0 spiro atoms. The van der Waals surface area contributed by atoms with E-state index < -0.39 is 0 Å². The van der Waals surface area contributed by atoms with Gasteiger partial charge in [-0.15, -0.1) is 11.3 Å². The molecule has 0 N–H and O–H groups in total. The molecule has 0 aliphatic carbocycles. The van der Waals surface area contributed by atoms with Gasteiger partial charge in [-0.2, -0.15) is 4.98 Å². The molecule has 158 valence electrons. The highest BCUT2D eigenvalue weighted by Crippen LogP contribution is 2.38. The summed E-state index contributed by atoms with van der Waals surface area (Å²) in [6.45, 7) is 6.19. The summed E-state index contributed by atoms with van der Waals surface area (Å²) in [5.74, 6) is 1.21. The van der Waals surface area contributed by atoms with Crippen LogP contribution in [0.5, 0.6) is 0 Å². The van der Waals surface area contributed by atoms with Crippen LogP contribution in [0.4, 0.5) is 5.82 Å². The molecule has 0 unspecified atom stereocenters. The molecule has 30 heavy (non-hydrogen) atoms. The number of benzene rings is 1. The smallest absolute Gasteiger partial charge is 0.348 e. The number of aryl methyl sites for hydroxylation is 1. The van der Waals surface area contributed by atoms with Gasteiger partial charge >= 0.3 is 5.97 Å². The Morgan fingerprint density at radius 3 is 2.67 bits per heavy atom. The average Bonchev–Trinajstić information content (AvgIpc) is 3.09. The number of esters is 1. The molecule has 0 saturated carbocycles. The third-order valence-corrected chi connectivity index (χ3v) is 6.98. The van der Waals surface area contributed by atoms with E-state index in [2.05, 4.69) is 45.2 Å². The van der Waals surface area contributed by atoms with E-state index >= 15 is 0 Å². The number of carbonyl (C=O) groups is 1. The molecule has 1 aliphatic heterocycles. The van der Waals surface area contributed by atoms with Gasteiger partial charge < -0.3 is 9.64 Å². The normalized spacial score (nSPS) is 15.0. The fourth-order valence-corrected chi connectivity index (χ4v) is 5.36. The van der Waals surface area contributed by atoms with Crippen molar-refractivity contribution in [3.63, 3.8) is 0 Å². The highest BCUT2D eigenvalue weighted by Gasteiger charge is 2.26. The van der Waals surface area contributed by atoms with Gasteiger partial charge in [0.1, 0.15) is 15.5 Å². The van der Waals surface area contributed by atoms with Gasteiger partial charge in [-0.3, -0.25) is 0 Å². The molecule has 7 heteroatoms. The first-order chi connectivity index (χ1) is 14.6. The van der Waals surface area contributed by atoms with E-state index in [9.17, 15) is 4.79 Å². The van der Waals surface area contributed by atoms with Gasteiger partial charge in [-0.05, 0) is 61.3 Å². The number of fused-ring (bicyclic) bond motifs is 1. The second kappa shape index (κ2) is 9.31. The van der Waals surface area contributed by atoms with Crippen molar-refractivity contribution in [3.05, 3.63) is 51.6 Å². The summed E-state index contributed by atoms with van der Waals surface area (Å²) >= 11 is 7.59. The Balaban J connectivity index is 1.55. The Labute approximate surface area is 186 Å². The van der Waals surface area contributed by atoms with Crippen molar-refractivity contribution in [2.45, 2.75) is 39.5 Å². The van der Waals surface area contributed by atoms with E-state index in [1.54, 1.807) is 0 Å². The van der Waals surface area contributed by atoms with Crippen LogP contribution < -0.4 is 4.90 Å². The maximum Gasteiger partial charge on any atom is 0.348 e. The number of rotatable bonds is 6. The van der Waals surface area contributed by atoms with Crippen LogP contribution in [-0.2, 0) is 11.2 Å². The molecule has 5 nitrogen and oxygen atoms in total. The maximum atomic E-state index is 12.5. The van der Waals surface area contributed by atoms with E-state index in [0.717, 1.165) is 60.4 Å². The molecule has 0 radical (unpaired) electrons. The first-order valence-corrected chi connectivity index (χ1v) is 11.7. The summed E-state index contributed by atoms with van der Waals surface area (Å²) in [5.41, 5.74) is 2.28. The average molecular weight is 444 g/mol. The summed E-state index contributed by atoms with van der Waals surface area (Å²) in [7, 11) is 0. The van der Waals surface area contributed by atoms with E-state index in [0.29, 0.717) is 17.4 Å². The number of aromatic nitrogens is 2. The quantitative estimate of drug-likeness (QED) is 0.362. The van der Waals surface area contributed by atoms with Crippen LogP contribution in [0, 0.1) is 12.8 Å². The van der Waals surface area contributed by atoms with E-state index in [1.807, 2.05) is 13.8 Å². The monoisotopic (exact) mass is 443 g/mol. The van der Waals surface area contributed by atoms with Crippen LogP contribution in [0.2, 0.25) is 5.28 Å². The first kappa shape index (κ1) is 21.1. The molecule has 1 fully saturated rings. The SMILES string of the molecule is CCCOC(=O)c1sc2nc(Cl)nc(N3CCC(Cc4ccccc4)CC3)c2c1C. The molecule has 1 saturated heterocycles. The summed E-state index contributed by atoms with van der Waals surface area (Å²) in [4.78, 5) is 25.1. The standard InChI is InChI=1S/C23H26ClN3O2S/c1-3-13-29-22(28)19-15(2)18-20(25-23(24)26-21(18)30-19)27-11-9-17(10-12-27)14-16-7-5-4-6-8-16/h4-8,17H,3,9-14H2,1-2H3. The lowest BCUT2D eigenvalue weighted by Crippen LogP contribution is -2.35. The van der Waals surface area contributed by atoms with Crippen molar-refractivity contribution in [2.24, 2.45) is 5.92 Å². The predicted molar refractivity (Wildman–Crippen MR) is 123 cm³/mol. The van der Waals surface area contributed by atoms with Gasteiger partial charge in [0.15, 0.2) is 0 Å². The molecule has 3 aromatic rings. The van der Waals surface area contributed by atoms with Crippen LogP contribution in [0.15, 0.2) is 30.3 Å². The predicted octanol–water partition coefficient (Wildman–Crippen LogP) is 5.68. The summed E-state index contributed by atoms with van der Waals surface area (Å²) in [5, 5.41) is 1.15. The van der Waals surface area contributed by atoms with Crippen molar-refractivity contribution in [1.82, 2.24) is 9.97 Å². The van der Waals surface area contributed by atoms with Crippen LogP contribution in [0.1, 0.15) is 47.0 Å². The molecule has 2 aromatic heterocycles. The van der Waals surface area contributed by atoms with Gasteiger partial charge in [0.05, 0.1) is 12.0 Å². The lowest BCUT2D eigenvalue weighted by Gasteiger charge is -2.33. The van der Waals surface area contributed by atoms with Gasteiger partial charge in [0.25, 0.3) is 0 Å². The van der Waals surface area contributed by atoms with Crippen molar-refractivity contribution in [3.8, 4) is 0 Å². The van der Waals surface area contributed by atoms with Crippen molar-refractivity contribution in [1.29, 1.82) is 0 Å². The highest BCUT2D eigenvalue weighted by atomic mass is 35.5. The molecule has 0 bridgehead atoms. The number of thiophene rings is 1. The molecule has 1 aliphatic rings. The minimum Gasteiger partial charge on any atom is -0.462 e. The number of carbonyl (C=O) groups excluding carboxylic acids is 1. The first-order valence-electron chi connectivity index (χ1n) is 10.5. The minimum absolute atomic E-state index is 0.221. The summed E-state index contributed by atoms with van der Waals surface area (Å²) in [6.07, 6.45) is 4.11. The lowest BCUT2D eigenvalue weighted by atomic mass is 9.90. The maximum absolute atomic E-state index is 12.5. The lowest BCUT2D eigenvalue weighted by molar-refractivity contribution is 0.0510. The van der Waals surface area contributed by atoms with Crippen LogP contribution >= 0.6 is 22.9 Å². The van der Waals surface area contributed by atoms with Crippen LogP contribution in [-0.4, -0.2) is 35.6 Å². The van der Waals surface area contributed by atoms with Gasteiger partial charge in [-0.25, -0.2) is 9.78 Å². The number of anilines is 1. The van der Waals surface area contributed by atoms with E-state index in [1.165, 1.54) is 16.9 Å². The summed E-state index contributed by atoms with van der Waals surface area (Å²) < 4.78 is 5.35. The Hall–Kier alpha value is -2.18. The number of hydrogen-bond donors (Lipinski definition) is 0. The third-order valence-electron chi connectivity index (χ3n) is 5.65. The second-order valence-corrected chi connectivity index (χ2v) is 9.15. The van der Waals surface area contributed by atoms with Crippen molar-refractivity contribution < 1.29 is 9.53 Å². The van der Waals surface area contributed by atoms with Crippen molar-refractivity contribution in [2.75, 3.05) is 24.6 Å². The number of piperidine rings is 1. The Morgan fingerprint density at radius 1 is 1.23 bits per heavy atom. The van der Waals surface area contributed by atoms with E-state index in [4.69, 9.17) is 16.3 Å². The molecular formula is C23H26ClN3O2S. The molecular weight excluding hydrogens is 418 g/mol. The number of halogens is 1. The second-order valence-electron chi connectivity index (χ2n) is 7.81. The van der Waals surface area contributed by atoms with Crippen LogP contribution in [0.3, 0.4) is 0 Å². The van der Waals surface area contributed by atoms with Gasteiger partial charge in [0, 0.05) is 13.1 Å². The fraction of sp³-hybridized carbons (Fsp3) is 0.435. The zero-order valence-corrected chi connectivity index (χ0v) is 18.9. The Kier molecular flexibility index (Phi) is 6.54. The highest BCUT2D eigenvalue weighted by molar-refractivity contribution is 7.20. The minimum atomic E-state index is -0.291. The summed E-state index contributed by atoms with van der Waals surface area (Å²) in [6, 6.07) is 10.7. The molecule has 4 rings (SSSR count). The largest absolute Gasteiger partial charge is 0.462 e. The molecule has 0 amide bonds. The topological polar surface area (TPSA) is 55.3 Å². The van der Waals surface area contributed by atoms with E-state index in [-0.39, 0.29) is 11.3 Å².